The normalized spacial score (nSPS) is 10.0. The molecule has 2 aromatic heterocycles. The van der Waals surface area contributed by atoms with Crippen LogP contribution >= 0.6 is 0 Å². The summed E-state index contributed by atoms with van der Waals surface area (Å²) in [7, 11) is 1.65. The molecule has 2 heterocycles. The van der Waals surface area contributed by atoms with Gasteiger partial charge in [0, 0.05) is 58.4 Å². The number of fused-ring (bicyclic) bond motifs is 4. The summed E-state index contributed by atoms with van der Waals surface area (Å²) in [4.78, 5) is 8.84. The average Bonchev–Trinajstić information content (AvgIpc) is 2.89. The third kappa shape index (κ3) is 5.41. The second-order valence-electron chi connectivity index (χ2n) is 7.30. The number of rotatable bonds is 2. The molecule has 0 atom stereocenters. The van der Waals surface area contributed by atoms with Crippen molar-refractivity contribution >= 4 is 32.4 Å². The van der Waals surface area contributed by atoms with Crippen LogP contribution in [-0.4, -0.2) is 17.1 Å². The monoisotopic (exact) mass is 798 g/mol. The number of nitrogens with zero attached hydrogens (tertiary/aromatic N) is 2. The molecule has 0 aliphatic rings. The van der Waals surface area contributed by atoms with Gasteiger partial charge in [0.15, 0.2) is 0 Å². The van der Waals surface area contributed by atoms with E-state index in [2.05, 4.69) is 58.5 Å². The van der Waals surface area contributed by atoms with E-state index in [1.54, 1.807) is 7.11 Å². The van der Waals surface area contributed by atoms with Gasteiger partial charge in [-0.15, -0.1) is 64.9 Å². The van der Waals surface area contributed by atoms with Crippen molar-refractivity contribution in [1.82, 2.24) is 9.97 Å². The molecule has 0 spiro atoms. The Morgan fingerprint density at radius 3 is 2.29 bits per heavy atom. The van der Waals surface area contributed by atoms with Crippen molar-refractivity contribution in [2.45, 2.75) is 0 Å². The Kier molecular flexibility index (Phi) is 9.04. The smallest absolute Gasteiger partial charge is 0.0647 e. The molecule has 0 bridgehead atoms. The molecule has 3 nitrogen and oxygen atoms in total. The van der Waals surface area contributed by atoms with Crippen LogP contribution in [0.15, 0.2) is 103 Å². The molecule has 0 amide bonds. The average molecular weight is 797 g/mol. The van der Waals surface area contributed by atoms with Crippen LogP contribution in [0.1, 0.15) is 0 Å². The van der Waals surface area contributed by atoms with E-state index in [0.29, 0.717) is 0 Å². The Balaban J connectivity index is 0.000000184. The summed E-state index contributed by atoms with van der Waals surface area (Å²) in [6.45, 7) is 0. The van der Waals surface area contributed by atoms with Crippen LogP contribution in [0.3, 0.4) is 0 Å². The summed E-state index contributed by atoms with van der Waals surface area (Å²) in [5.74, 6) is 0.805. The van der Waals surface area contributed by atoms with E-state index >= 15 is 0 Å². The second kappa shape index (κ2) is 12.0. The van der Waals surface area contributed by atoms with Crippen LogP contribution in [0, 0.1) is 12.1 Å². The summed E-state index contributed by atoms with van der Waals surface area (Å²) in [6, 6.07) is 36.7. The van der Waals surface area contributed by atoms with Crippen LogP contribution in [0.25, 0.3) is 43.7 Å². The zero-order chi connectivity index (χ0) is 21.8. The molecular weight excluding hydrogens is 777 g/mol. The summed E-state index contributed by atoms with van der Waals surface area (Å²) in [5.41, 5.74) is 2.97. The number of ether oxygens (including phenoxy) is 1. The van der Waals surface area contributed by atoms with Crippen LogP contribution < -0.4 is 4.74 Å². The zero-order valence-corrected chi connectivity index (χ0v) is 23.1. The van der Waals surface area contributed by atoms with Gasteiger partial charge in [-0.3, -0.25) is 0 Å². The fraction of sp³-hybridized carbons (Fsp3) is 0.0345. The third-order valence-corrected chi connectivity index (χ3v) is 5.36. The van der Waals surface area contributed by atoms with E-state index in [-0.39, 0.29) is 40.2 Å². The maximum atomic E-state index is 5.14. The van der Waals surface area contributed by atoms with Gasteiger partial charge in [0.25, 0.3) is 0 Å². The second-order valence-corrected chi connectivity index (χ2v) is 7.30. The van der Waals surface area contributed by atoms with Crippen molar-refractivity contribution < 1.29 is 44.9 Å². The topological polar surface area (TPSA) is 35.0 Å². The molecule has 2 radical (unpaired) electrons. The van der Waals surface area contributed by atoms with Gasteiger partial charge in [-0.25, -0.2) is 0 Å². The van der Waals surface area contributed by atoms with Gasteiger partial charge >= 0.3 is 0 Å². The minimum absolute atomic E-state index is 0. The third-order valence-electron chi connectivity index (χ3n) is 5.36. The zero-order valence-electron chi connectivity index (χ0n) is 18.3. The van der Waals surface area contributed by atoms with Crippen molar-refractivity contribution in [2.24, 2.45) is 0 Å². The Bertz CT molecular complexity index is 1460. The number of hydrogen-bond acceptors (Lipinski definition) is 3. The molecule has 0 N–H and O–H groups in total. The van der Waals surface area contributed by atoms with Gasteiger partial charge in [0.05, 0.1) is 7.11 Å². The molecule has 5 heteroatoms. The fourth-order valence-electron chi connectivity index (χ4n) is 3.75. The van der Waals surface area contributed by atoms with Crippen LogP contribution in [0.2, 0.25) is 0 Å². The maximum Gasteiger partial charge on any atom is 0.0647 e. The first-order chi connectivity index (χ1) is 15.8. The molecule has 6 aromatic rings. The molecule has 0 aliphatic heterocycles. The fourth-order valence-corrected chi connectivity index (χ4v) is 3.75. The van der Waals surface area contributed by atoms with Gasteiger partial charge in [-0.1, -0.05) is 42.5 Å². The minimum atomic E-state index is 0. The Hall–Kier alpha value is -2.94. The Labute approximate surface area is 225 Å². The van der Waals surface area contributed by atoms with Crippen LogP contribution in [0.4, 0.5) is 0 Å². The number of pyridine rings is 2. The predicted octanol–water partition coefficient (Wildman–Crippen LogP) is 6.89. The van der Waals surface area contributed by atoms with Crippen molar-refractivity contribution in [2.75, 3.05) is 7.11 Å². The molecular formula is C29H20Ir2N2O-2. The summed E-state index contributed by atoms with van der Waals surface area (Å²) < 4.78 is 5.14. The van der Waals surface area contributed by atoms with E-state index in [1.807, 2.05) is 67.0 Å². The molecule has 6 rings (SSSR count). The SMILES string of the molecule is COc1c[c-]c(-c2nccc3ccccc23)cc1.[Ir].[Ir].[c-]1cccc2ccc3cccnc3c12. The number of methoxy groups -OCH3 is 1. The van der Waals surface area contributed by atoms with E-state index in [1.165, 1.54) is 16.2 Å². The first-order valence-electron chi connectivity index (χ1n) is 10.4. The van der Waals surface area contributed by atoms with Crippen molar-refractivity contribution in [3.8, 4) is 17.0 Å². The quantitative estimate of drug-likeness (QED) is 0.142. The molecule has 0 saturated carbocycles. The molecule has 34 heavy (non-hydrogen) atoms. The maximum absolute atomic E-state index is 5.14. The number of benzene rings is 4. The molecule has 0 fully saturated rings. The van der Waals surface area contributed by atoms with Crippen LogP contribution in [0.5, 0.6) is 5.75 Å². The largest absolute Gasteiger partial charge is 0.540 e. The molecule has 0 saturated heterocycles. The minimum Gasteiger partial charge on any atom is -0.540 e. The standard InChI is InChI=1S/C16H12NO.C13H8N.2Ir/c1-18-14-8-6-13(7-9-14)16-15-5-3-2-4-12(15)10-11-17-16;1-2-6-12-10(4-1)7-8-11-5-3-9-14-13(11)12;;/h2-6,8-11H,1H3;1-5,7-9H;;/q2*-1;;. The summed E-state index contributed by atoms with van der Waals surface area (Å²) in [6.07, 6.45) is 3.65. The molecule has 0 aliphatic carbocycles. The van der Waals surface area contributed by atoms with Gasteiger partial charge in [-0.2, -0.15) is 0 Å². The summed E-state index contributed by atoms with van der Waals surface area (Å²) in [5, 5.41) is 5.79. The van der Waals surface area contributed by atoms with E-state index < -0.39 is 0 Å². The van der Waals surface area contributed by atoms with E-state index in [0.717, 1.165) is 33.3 Å². The van der Waals surface area contributed by atoms with Gasteiger partial charge in [0.1, 0.15) is 0 Å². The van der Waals surface area contributed by atoms with Gasteiger partial charge < -0.3 is 14.7 Å². The van der Waals surface area contributed by atoms with Gasteiger partial charge in [0.2, 0.25) is 0 Å². The van der Waals surface area contributed by atoms with Crippen LogP contribution in [-0.2, 0) is 40.2 Å². The van der Waals surface area contributed by atoms with Crippen molar-refractivity contribution in [1.29, 1.82) is 0 Å². The first kappa shape index (κ1) is 25.7. The Morgan fingerprint density at radius 1 is 0.676 bits per heavy atom. The predicted molar refractivity (Wildman–Crippen MR) is 131 cm³/mol. The Morgan fingerprint density at radius 2 is 1.47 bits per heavy atom. The number of hydrogen-bond donors (Lipinski definition) is 0. The number of aromatic nitrogens is 2. The first-order valence-corrected chi connectivity index (χ1v) is 10.4. The molecule has 4 aromatic carbocycles. The summed E-state index contributed by atoms with van der Waals surface area (Å²) >= 11 is 0. The molecule has 172 valence electrons. The van der Waals surface area contributed by atoms with Crippen molar-refractivity contribution in [3.05, 3.63) is 116 Å². The van der Waals surface area contributed by atoms with E-state index in [4.69, 9.17) is 4.74 Å². The van der Waals surface area contributed by atoms with Crippen molar-refractivity contribution in [3.63, 3.8) is 0 Å². The van der Waals surface area contributed by atoms with E-state index in [9.17, 15) is 0 Å². The van der Waals surface area contributed by atoms with Gasteiger partial charge in [-0.05, 0) is 39.5 Å². The molecule has 0 unspecified atom stereocenters.